The zero-order valence-electron chi connectivity index (χ0n) is 17.1. The normalized spacial score (nSPS) is 21.1. The van der Waals surface area contributed by atoms with Crippen LogP contribution in [0.5, 0.6) is 0 Å². The number of hydrogen-bond donors (Lipinski definition) is 1. The van der Waals surface area contributed by atoms with Gasteiger partial charge < -0.3 is 20.1 Å². The van der Waals surface area contributed by atoms with Crippen molar-refractivity contribution in [2.45, 2.75) is 32.6 Å². The SMILES string of the molecule is Cc1cc([C@H]2COCCN2C(=O)c2ccc3nc(N)c4c(c3c2)CO[C@@H]4C)ccn1. The van der Waals surface area contributed by atoms with Crippen molar-refractivity contribution in [1.29, 1.82) is 0 Å². The summed E-state index contributed by atoms with van der Waals surface area (Å²) in [5, 5.41) is 0.930. The first-order chi connectivity index (χ1) is 14.5. The van der Waals surface area contributed by atoms with Gasteiger partial charge in [-0.25, -0.2) is 4.98 Å². The Kier molecular flexibility index (Phi) is 4.64. The van der Waals surface area contributed by atoms with E-state index in [1.165, 1.54) is 0 Å². The number of morpholine rings is 1. The van der Waals surface area contributed by atoms with Crippen LogP contribution in [0.25, 0.3) is 10.9 Å². The van der Waals surface area contributed by atoms with E-state index in [2.05, 4.69) is 9.97 Å². The molecule has 2 aliphatic heterocycles. The number of nitrogen functional groups attached to an aromatic ring is 1. The molecule has 1 saturated heterocycles. The first kappa shape index (κ1) is 19.0. The Morgan fingerprint density at radius 2 is 2.13 bits per heavy atom. The van der Waals surface area contributed by atoms with E-state index < -0.39 is 0 Å². The van der Waals surface area contributed by atoms with E-state index in [4.69, 9.17) is 15.2 Å². The largest absolute Gasteiger partial charge is 0.383 e. The van der Waals surface area contributed by atoms with E-state index in [-0.39, 0.29) is 18.1 Å². The van der Waals surface area contributed by atoms with Gasteiger partial charge >= 0.3 is 0 Å². The molecule has 4 heterocycles. The van der Waals surface area contributed by atoms with Crippen LogP contribution in [0.2, 0.25) is 0 Å². The molecule has 0 spiro atoms. The molecule has 7 nitrogen and oxygen atoms in total. The molecular weight excluding hydrogens is 380 g/mol. The van der Waals surface area contributed by atoms with Crippen molar-refractivity contribution in [3.8, 4) is 0 Å². The number of nitrogens with two attached hydrogens (primary N) is 1. The molecule has 2 aromatic heterocycles. The van der Waals surface area contributed by atoms with Gasteiger partial charge in [0.25, 0.3) is 5.91 Å². The predicted octanol–water partition coefficient (Wildman–Crippen LogP) is 3.33. The summed E-state index contributed by atoms with van der Waals surface area (Å²) in [6.07, 6.45) is 1.69. The lowest BCUT2D eigenvalue weighted by molar-refractivity contribution is -0.00272. The summed E-state index contributed by atoms with van der Waals surface area (Å²) in [5.41, 5.74) is 11.5. The van der Waals surface area contributed by atoms with Gasteiger partial charge in [0, 0.05) is 34.9 Å². The van der Waals surface area contributed by atoms with Gasteiger partial charge in [0.2, 0.25) is 0 Å². The zero-order chi connectivity index (χ0) is 20.8. The zero-order valence-corrected chi connectivity index (χ0v) is 17.1. The summed E-state index contributed by atoms with van der Waals surface area (Å²) in [6, 6.07) is 9.45. The highest BCUT2D eigenvalue weighted by Gasteiger charge is 2.31. The molecule has 1 amide bonds. The number of carbonyl (C=O) groups is 1. The number of rotatable bonds is 2. The maximum Gasteiger partial charge on any atom is 0.254 e. The van der Waals surface area contributed by atoms with Crippen molar-refractivity contribution in [1.82, 2.24) is 14.9 Å². The average Bonchev–Trinajstić information content (AvgIpc) is 3.16. The highest BCUT2D eigenvalue weighted by atomic mass is 16.5. The van der Waals surface area contributed by atoms with Gasteiger partial charge in [-0.3, -0.25) is 9.78 Å². The lowest BCUT2D eigenvalue weighted by Gasteiger charge is -2.36. The van der Waals surface area contributed by atoms with Gasteiger partial charge in [-0.1, -0.05) is 0 Å². The molecule has 0 unspecified atom stereocenters. The van der Waals surface area contributed by atoms with Gasteiger partial charge in [-0.05, 0) is 55.3 Å². The number of aromatic nitrogens is 2. The van der Waals surface area contributed by atoms with Crippen molar-refractivity contribution < 1.29 is 14.3 Å². The van der Waals surface area contributed by atoms with E-state index in [9.17, 15) is 4.79 Å². The molecule has 0 bridgehead atoms. The molecule has 2 N–H and O–H groups in total. The van der Waals surface area contributed by atoms with E-state index in [1.807, 2.05) is 49.1 Å². The van der Waals surface area contributed by atoms with Crippen LogP contribution in [0, 0.1) is 6.92 Å². The minimum atomic E-state index is -0.137. The van der Waals surface area contributed by atoms with Crippen LogP contribution in [0.15, 0.2) is 36.5 Å². The monoisotopic (exact) mass is 404 g/mol. The van der Waals surface area contributed by atoms with E-state index >= 15 is 0 Å². The van der Waals surface area contributed by atoms with E-state index in [0.717, 1.165) is 33.3 Å². The maximum absolute atomic E-state index is 13.5. The number of amides is 1. The predicted molar refractivity (Wildman–Crippen MR) is 113 cm³/mol. The van der Waals surface area contributed by atoms with Crippen LogP contribution in [-0.2, 0) is 16.1 Å². The van der Waals surface area contributed by atoms with Gasteiger partial charge in [-0.2, -0.15) is 0 Å². The third-order valence-electron chi connectivity index (χ3n) is 5.99. The van der Waals surface area contributed by atoms with Crippen molar-refractivity contribution >= 4 is 22.6 Å². The molecule has 2 aliphatic rings. The molecule has 30 heavy (non-hydrogen) atoms. The van der Waals surface area contributed by atoms with Crippen LogP contribution in [0.1, 0.15) is 51.8 Å². The van der Waals surface area contributed by atoms with Crippen molar-refractivity contribution in [2.75, 3.05) is 25.5 Å². The number of aryl methyl sites for hydroxylation is 1. The number of pyridine rings is 2. The summed E-state index contributed by atoms with van der Waals surface area (Å²) in [5.74, 6) is 0.486. The Bertz CT molecular complexity index is 1150. The molecule has 154 valence electrons. The summed E-state index contributed by atoms with van der Waals surface area (Å²) >= 11 is 0. The smallest absolute Gasteiger partial charge is 0.254 e. The van der Waals surface area contributed by atoms with Gasteiger partial charge in [-0.15, -0.1) is 0 Å². The second kappa shape index (κ2) is 7.34. The molecule has 1 aromatic carbocycles. The first-order valence-corrected chi connectivity index (χ1v) is 10.2. The van der Waals surface area contributed by atoms with Crippen LogP contribution in [0.4, 0.5) is 5.82 Å². The lowest BCUT2D eigenvalue weighted by Crippen LogP contribution is -2.43. The Labute approximate surface area is 174 Å². The Hall–Kier alpha value is -3.03. The Balaban J connectivity index is 1.54. The van der Waals surface area contributed by atoms with Gasteiger partial charge in [0.05, 0.1) is 37.5 Å². The molecule has 7 heteroatoms. The average molecular weight is 404 g/mol. The lowest BCUT2D eigenvalue weighted by atomic mass is 9.99. The standard InChI is InChI=1S/C23H24N4O3/c1-13-9-15(5-6-25-13)20-12-29-8-7-27(20)23(28)16-3-4-19-17(10-16)18-11-30-14(2)21(18)22(24)26-19/h3-6,9-10,14,20H,7-8,11-12H2,1-2H3,(H2,24,26)/t14-,20-/m1/s1. The number of nitrogens with zero attached hydrogens (tertiary/aromatic N) is 3. The fourth-order valence-electron chi connectivity index (χ4n) is 4.46. The number of benzene rings is 1. The number of carbonyl (C=O) groups excluding carboxylic acids is 1. The quantitative estimate of drug-likeness (QED) is 0.705. The second-order valence-electron chi connectivity index (χ2n) is 7.89. The molecule has 1 fully saturated rings. The molecule has 0 radical (unpaired) electrons. The van der Waals surface area contributed by atoms with Crippen LogP contribution < -0.4 is 5.73 Å². The fraction of sp³-hybridized carbons (Fsp3) is 0.348. The second-order valence-corrected chi connectivity index (χ2v) is 7.89. The molecule has 5 rings (SSSR count). The number of hydrogen-bond acceptors (Lipinski definition) is 6. The summed E-state index contributed by atoms with van der Waals surface area (Å²) in [7, 11) is 0. The Morgan fingerprint density at radius 3 is 2.97 bits per heavy atom. The number of anilines is 1. The van der Waals surface area contributed by atoms with Crippen LogP contribution in [0.3, 0.4) is 0 Å². The highest BCUT2D eigenvalue weighted by Crippen LogP contribution is 2.38. The topological polar surface area (TPSA) is 90.6 Å². The summed E-state index contributed by atoms with van der Waals surface area (Å²) in [4.78, 5) is 24.2. The van der Waals surface area contributed by atoms with Crippen LogP contribution in [-0.4, -0.2) is 40.5 Å². The van der Waals surface area contributed by atoms with Crippen molar-refractivity contribution in [3.05, 3.63) is 64.5 Å². The molecule has 2 atom stereocenters. The molecule has 3 aromatic rings. The van der Waals surface area contributed by atoms with E-state index in [1.54, 1.807) is 6.20 Å². The first-order valence-electron chi connectivity index (χ1n) is 10.2. The molecule has 0 aliphatic carbocycles. The maximum atomic E-state index is 13.5. The van der Waals surface area contributed by atoms with Gasteiger partial charge in [0.1, 0.15) is 5.82 Å². The minimum Gasteiger partial charge on any atom is -0.383 e. The van der Waals surface area contributed by atoms with Gasteiger partial charge in [0.15, 0.2) is 0 Å². The minimum absolute atomic E-state index is 0.0165. The number of ether oxygens (including phenoxy) is 2. The van der Waals surface area contributed by atoms with Crippen molar-refractivity contribution in [3.63, 3.8) is 0 Å². The third-order valence-corrected chi connectivity index (χ3v) is 5.99. The molecular formula is C23H24N4O3. The molecule has 0 saturated carbocycles. The van der Waals surface area contributed by atoms with Crippen molar-refractivity contribution in [2.24, 2.45) is 0 Å². The van der Waals surface area contributed by atoms with Crippen LogP contribution >= 0.6 is 0 Å². The summed E-state index contributed by atoms with van der Waals surface area (Å²) in [6.45, 7) is 5.94. The van der Waals surface area contributed by atoms with E-state index in [0.29, 0.717) is 37.7 Å². The summed E-state index contributed by atoms with van der Waals surface area (Å²) < 4.78 is 11.5. The third kappa shape index (κ3) is 3.11. The highest BCUT2D eigenvalue weighted by molar-refractivity contribution is 5.99. The Morgan fingerprint density at radius 1 is 1.27 bits per heavy atom. The fourth-order valence-corrected chi connectivity index (χ4v) is 4.46. The number of fused-ring (bicyclic) bond motifs is 3.